The van der Waals surface area contributed by atoms with Gasteiger partial charge in [0, 0.05) is 17.8 Å². The molecule has 5 aromatic rings. The number of hydrogen-bond donors (Lipinski definition) is 1. The minimum atomic E-state index is -4.66. The van der Waals surface area contributed by atoms with Crippen LogP contribution < -0.4 is 0 Å². The van der Waals surface area contributed by atoms with Crippen LogP contribution in [-0.2, 0) is 22.6 Å². The van der Waals surface area contributed by atoms with Crippen LogP contribution in [0.4, 0.5) is 18.0 Å². The highest BCUT2D eigenvalue weighted by atomic mass is 35.5. The quantitative estimate of drug-likeness (QED) is 0.198. The number of imidazole rings is 1. The van der Waals surface area contributed by atoms with Crippen LogP contribution in [-0.4, -0.2) is 40.0 Å². The Kier molecular flexibility index (Phi) is 7.97. The number of alkyl halides is 3. The molecule has 0 fully saturated rings. The molecule has 4 aromatic carbocycles. The second-order valence-electron chi connectivity index (χ2n) is 9.99. The van der Waals surface area contributed by atoms with Crippen molar-refractivity contribution in [1.82, 2.24) is 13.9 Å². The topological polar surface area (TPSA) is 92.5 Å². The van der Waals surface area contributed by atoms with Crippen molar-refractivity contribution in [3.05, 3.63) is 112 Å². The van der Waals surface area contributed by atoms with Gasteiger partial charge >= 0.3 is 12.3 Å². The predicted molar refractivity (Wildman–Crippen MR) is 158 cm³/mol. The van der Waals surface area contributed by atoms with Crippen LogP contribution in [0, 0.1) is 13.8 Å². The largest absolute Gasteiger partial charge is 0.464 e. The van der Waals surface area contributed by atoms with Crippen molar-refractivity contribution in [2.75, 3.05) is 6.54 Å². The third-order valence-electron chi connectivity index (χ3n) is 7.06. The number of hydrogen-bond acceptors (Lipinski definition) is 4. The smallest absolute Gasteiger partial charge is 0.421 e. The van der Waals surface area contributed by atoms with Gasteiger partial charge in [-0.1, -0.05) is 65.7 Å². The van der Waals surface area contributed by atoms with E-state index in [-0.39, 0.29) is 23.4 Å². The molecule has 1 amide bonds. The Bertz CT molecular complexity index is 1940. The number of carboxylic acid groups (broad SMARTS) is 1. The zero-order valence-corrected chi connectivity index (χ0v) is 24.5. The van der Waals surface area contributed by atoms with E-state index in [0.29, 0.717) is 32.5 Å². The van der Waals surface area contributed by atoms with Crippen molar-refractivity contribution in [3.63, 3.8) is 0 Å². The number of benzene rings is 4. The maximum Gasteiger partial charge on any atom is 0.421 e. The first kappa shape index (κ1) is 30.1. The Morgan fingerprint density at radius 3 is 2.23 bits per heavy atom. The number of rotatable bonds is 7. The molecule has 0 atom stereocenters. The number of amides is 1. The van der Waals surface area contributed by atoms with Crippen molar-refractivity contribution < 1.29 is 31.5 Å². The number of nitrogens with zero attached hydrogens (tertiary/aromatic N) is 3. The van der Waals surface area contributed by atoms with Crippen molar-refractivity contribution >= 4 is 38.8 Å². The fourth-order valence-electron chi connectivity index (χ4n) is 4.78. The summed E-state index contributed by atoms with van der Waals surface area (Å²) in [6.45, 7) is 3.35. The maximum absolute atomic E-state index is 13.6. The Labute approximate surface area is 250 Å². The molecule has 0 spiro atoms. The number of carbonyl (C=O) groups is 1. The lowest BCUT2D eigenvalue weighted by Gasteiger charge is -2.19. The van der Waals surface area contributed by atoms with Gasteiger partial charge in [-0.25, -0.2) is 22.5 Å². The zero-order chi connectivity index (χ0) is 31.1. The lowest BCUT2D eigenvalue weighted by atomic mass is 10.1. The van der Waals surface area contributed by atoms with Gasteiger partial charge in [0.05, 0.1) is 26.5 Å². The molecule has 222 valence electrons. The molecule has 0 radical (unpaired) electrons. The highest BCUT2D eigenvalue weighted by Crippen LogP contribution is 2.39. The van der Waals surface area contributed by atoms with E-state index in [4.69, 9.17) is 11.6 Å². The van der Waals surface area contributed by atoms with E-state index in [1.165, 1.54) is 18.2 Å². The second kappa shape index (κ2) is 11.4. The molecule has 0 saturated heterocycles. The van der Waals surface area contributed by atoms with Crippen LogP contribution in [0.3, 0.4) is 0 Å². The first-order chi connectivity index (χ1) is 20.3. The Morgan fingerprint density at radius 2 is 1.63 bits per heavy atom. The van der Waals surface area contributed by atoms with E-state index >= 15 is 0 Å². The van der Waals surface area contributed by atoms with E-state index in [0.717, 1.165) is 17.2 Å². The van der Waals surface area contributed by atoms with Gasteiger partial charge in [0.25, 0.3) is 10.0 Å². The number of halogens is 4. The first-order valence-corrected chi connectivity index (χ1v) is 14.9. The summed E-state index contributed by atoms with van der Waals surface area (Å²) in [7, 11) is -4.28. The average Bonchev–Trinajstić information content (AvgIpc) is 3.30. The van der Waals surface area contributed by atoms with Gasteiger partial charge in [0.15, 0.2) is 0 Å². The van der Waals surface area contributed by atoms with Crippen molar-refractivity contribution in [2.24, 2.45) is 0 Å². The summed E-state index contributed by atoms with van der Waals surface area (Å²) in [5, 5.41) is 9.22. The minimum Gasteiger partial charge on any atom is -0.464 e. The summed E-state index contributed by atoms with van der Waals surface area (Å²) in [6.07, 6.45) is -6.16. The van der Waals surface area contributed by atoms with E-state index in [1.54, 1.807) is 47.9 Å². The number of sulfonamides is 1. The summed E-state index contributed by atoms with van der Waals surface area (Å²) >= 11 is 6.08. The lowest BCUT2D eigenvalue weighted by molar-refractivity contribution is -0.137. The Morgan fingerprint density at radius 1 is 0.977 bits per heavy atom. The molecule has 5 rings (SSSR count). The Hall–Kier alpha value is -4.35. The molecular weight excluding hydrogens is 603 g/mol. The third-order valence-corrected chi connectivity index (χ3v) is 9.15. The standard InChI is InChI=1S/C31H25ClF3N3O4S/c1-19-7-13-23(14-8-19)43(41,42)37(30(39)40)16-15-21-9-11-22(12-10-21)38-28-18-26(32)25(31(33,34)35)17-27(28)36-29(38)24-6-4-3-5-20(24)2/h3-14,17-18H,15-16H2,1-2H3,(H,39,40). The van der Waals surface area contributed by atoms with Crippen molar-refractivity contribution in [3.8, 4) is 17.1 Å². The molecular formula is C31H25ClF3N3O4S. The molecule has 1 N–H and O–H groups in total. The molecule has 7 nitrogen and oxygen atoms in total. The molecule has 0 aliphatic carbocycles. The highest BCUT2D eigenvalue weighted by Gasteiger charge is 2.34. The van der Waals surface area contributed by atoms with Gasteiger partial charge in [-0.3, -0.25) is 4.57 Å². The summed E-state index contributed by atoms with van der Waals surface area (Å²) < 4.78 is 69.0. The van der Waals surface area contributed by atoms with E-state index < -0.39 is 32.9 Å². The summed E-state index contributed by atoms with van der Waals surface area (Å²) in [5.74, 6) is 0.414. The third kappa shape index (κ3) is 5.95. The SMILES string of the molecule is Cc1ccc(S(=O)(=O)N(CCc2ccc(-n3c(-c4ccccc4C)nc4cc(C(F)(F)F)c(Cl)cc43)cc2)C(=O)O)cc1. The van der Waals surface area contributed by atoms with E-state index in [9.17, 15) is 31.5 Å². The van der Waals surface area contributed by atoms with Gasteiger partial charge in [-0.2, -0.15) is 13.2 Å². The van der Waals surface area contributed by atoms with E-state index in [1.807, 2.05) is 31.2 Å². The van der Waals surface area contributed by atoms with Gasteiger partial charge in [-0.15, -0.1) is 0 Å². The van der Waals surface area contributed by atoms with Crippen LogP contribution in [0.15, 0.2) is 89.8 Å². The van der Waals surface area contributed by atoms with E-state index in [2.05, 4.69) is 4.98 Å². The normalized spacial score (nSPS) is 12.0. The van der Waals surface area contributed by atoms with Crippen LogP contribution in [0.25, 0.3) is 28.1 Å². The van der Waals surface area contributed by atoms with Crippen molar-refractivity contribution in [2.45, 2.75) is 31.3 Å². The maximum atomic E-state index is 13.6. The van der Waals surface area contributed by atoms with Gasteiger partial charge in [0.2, 0.25) is 0 Å². The highest BCUT2D eigenvalue weighted by molar-refractivity contribution is 7.89. The van der Waals surface area contributed by atoms with Gasteiger partial charge in [0.1, 0.15) is 5.82 Å². The lowest BCUT2D eigenvalue weighted by Crippen LogP contribution is -2.37. The molecule has 0 unspecified atom stereocenters. The molecule has 0 aliphatic rings. The molecule has 12 heteroatoms. The van der Waals surface area contributed by atoms with Crippen LogP contribution in [0.5, 0.6) is 0 Å². The van der Waals surface area contributed by atoms with Crippen LogP contribution in [0.1, 0.15) is 22.3 Å². The molecule has 0 bridgehead atoms. The fourth-order valence-corrected chi connectivity index (χ4v) is 6.32. The Balaban J connectivity index is 1.51. The molecule has 0 aliphatic heterocycles. The van der Waals surface area contributed by atoms with Crippen LogP contribution in [0.2, 0.25) is 5.02 Å². The number of aromatic nitrogens is 2. The summed E-state index contributed by atoms with van der Waals surface area (Å²) in [6, 6.07) is 22.2. The molecule has 1 aromatic heterocycles. The predicted octanol–water partition coefficient (Wildman–Crippen LogP) is 7.89. The first-order valence-electron chi connectivity index (χ1n) is 13.0. The molecule has 1 heterocycles. The number of fused-ring (bicyclic) bond motifs is 1. The second-order valence-corrected chi connectivity index (χ2v) is 12.3. The van der Waals surface area contributed by atoms with Crippen molar-refractivity contribution in [1.29, 1.82) is 0 Å². The summed E-state index contributed by atoms with van der Waals surface area (Å²) in [5.41, 5.74) is 3.12. The summed E-state index contributed by atoms with van der Waals surface area (Å²) in [4.78, 5) is 16.3. The minimum absolute atomic E-state index is 0.0910. The van der Waals surface area contributed by atoms with Gasteiger partial charge < -0.3 is 5.11 Å². The fraction of sp³-hybridized carbons (Fsp3) is 0.161. The number of aryl methyl sites for hydroxylation is 2. The molecule has 43 heavy (non-hydrogen) atoms. The zero-order valence-electron chi connectivity index (χ0n) is 22.9. The monoisotopic (exact) mass is 627 g/mol. The van der Waals surface area contributed by atoms with Crippen LogP contribution >= 0.6 is 11.6 Å². The average molecular weight is 628 g/mol. The molecule has 0 saturated carbocycles. The van der Waals surface area contributed by atoms with Gasteiger partial charge in [-0.05, 0) is 67.8 Å².